The zero-order valence-electron chi connectivity index (χ0n) is 14.8. The number of benzene rings is 2. The first-order valence-corrected chi connectivity index (χ1v) is 9.24. The number of anilines is 1. The summed E-state index contributed by atoms with van der Waals surface area (Å²) in [6.45, 7) is 3.14. The highest BCUT2D eigenvalue weighted by Gasteiger charge is 2.26. The number of nitrogens with one attached hydrogen (secondary N) is 2. The molecule has 2 aromatic rings. The van der Waals surface area contributed by atoms with Crippen LogP contribution in [0.3, 0.4) is 0 Å². The number of amides is 3. The van der Waals surface area contributed by atoms with Gasteiger partial charge in [0.25, 0.3) is 0 Å². The molecule has 1 saturated heterocycles. The zero-order valence-corrected chi connectivity index (χ0v) is 14.8. The Hall–Kier alpha value is -2.60. The van der Waals surface area contributed by atoms with E-state index < -0.39 is 0 Å². The molecule has 1 heterocycles. The Morgan fingerprint density at radius 1 is 0.962 bits per heavy atom. The van der Waals surface area contributed by atoms with Gasteiger partial charge in [0, 0.05) is 37.6 Å². The molecule has 0 spiro atoms. The van der Waals surface area contributed by atoms with Crippen LogP contribution in [-0.2, 0) is 4.79 Å². The minimum absolute atomic E-state index is 0.0802. The molecule has 0 bridgehead atoms. The first-order chi connectivity index (χ1) is 12.7. The summed E-state index contributed by atoms with van der Waals surface area (Å²) in [6, 6.07) is 14.3. The largest absolute Gasteiger partial charge is 0.352 e. The van der Waals surface area contributed by atoms with Crippen molar-refractivity contribution in [3.63, 3.8) is 0 Å². The van der Waals surface area contributed by atoms with Crippen molar-refractivity contribution in [2.24, 2.45) is 0 Å². The van der Waals surface area contributed by atoms with Gasteiger partial charge >= 0.3 is 6.03 Å². The second kappa shape index (κ2) is 7.33. The summed E-state index contributed by atoms with van der Waals surface area (Å²) in [4.78, 5) is 28.4. The maximum absolute atomic E-state index is 12.6. The molecule has 6 nitrogen and oxygen atoms in total. The van der Waals surface area contributed by atoms with Crippen LogP contribution < -0.4 is 10.6 Å². The van der Waals surface area contributed by atoms with Gasteiger partial charge in [0.15, 0.2) is 0 Å². The Labute approximate surface area is 153 Å². The van der Waals surface area contributed by atoms with E-state index in [0.717, 1.165) is 42.4 Å². The quantitative estimate of drug-likeness (QED) is 0.887. The van der Waals surface area contributed by atoms with Gasteiger partial charge in [-0.15, -0.1) is 0 Å². The number of nitrogens with zero attached hydrogens (tertiary/aromatic N) is 2. The van der Waals surface area contributed by atoms with Gasteiger partial charge in [-0.1, -0.05) is 36.4 Å². The fourth-order valence-corrected chi connectivity index (χ4v) is 3.34. The molecule has 136 valence electrons. The second-order valence-electron chi connectivity index (χ2n) is 7.06. The van der Waals surface area contributed by atoms with E-state index in [1.807, 2.05) is 47.4 Å². The average molecular weight is 352 g/mol. The molecule has 1 aliphatic heterocycles. The lowest BCUT2D eigenvalue weighted by Gasteiger charge is -2.34. The first kappa shape index (κ1) is 16.8. The van der Waals surface area contributed by atoms with E-state index in [9.17, 15) is 9.59 Å². The molecule has 3 amide bonds. The summed E-state index contributed by atoms with van der Waals surface area (Å²) in [5.74, 6) is 0.0983. The van der Waals surface area contributed by atoms with Gasteiger partial charge < -0.3 is 15.5 Å². The third kappa shape index (κ3) is 3.96. The van der Waals surface area contributed by atoms with Crippen molar-refractivity contribution in [3.05, 3.63) is 42.5 Å². The summed E-state index contributed by atoms with van der Waals surface area (Å²) < 4.78 is 0. The van der Waals surface area contributed by atoms with Crippen LogP contribution in [0.1, 0.15) is 12.8 Å². The molecule has 1 saturated carbocycles. The molecule has 1 aliphatic carbocycles. The fraction of sp³-hybridized carbons (Fsp3) is 0.400. The molecule has 0 unspecified atom stereocenters. The van der Waals surface area contributed by atoms with Gasteiger partial charge in [-0.2, -0.15) is 0 Å². The summed E-state index contributed by atoms with van der Waals surface area (Å²) >= 11 is 0. The number of hydrogen-bond donors (Lipinski definition) is 2. The van der Waals surface area contributed by atoms with Crippen LogP contribution in [0, 0.1) is 0 Å². The minimum Gasteiger partial charge on any atom is -0.352 e. The highest BCUT2D eigenvalue weighted by atomic mass is 16.2. The molecule has 4 rings (SSSR count). The summed E-state index contributed by atoms with van der Waals surface area (Å²) in [7, 11) is 0. The van der Waals surface area contributed by atoms with Crippen LogP contribution in [0.5, 0.6) is 0 Å². The highest BCUT2D eigenvalue weighted by molar-refractivity contribution is 6.01. The van der Waals surface area contributed by atoms with Crippen molar-refractivity contribution in [1.82, 2.24) is 15.1 Å². The van der Waals surface area contributed by atoms with Crippen LogP contribution in [0.25, 0.3) is 10.8 Å². The third-order valence-corrected chi connectivity index (χ3v) is 5.00. The Morgan fingerprint density at radius 2 is 1.69 bits per heavy atom. The number of fused-ring (bicyclic) bond motifs is 1. The van der Waals surface area contributed by atoms with E-state index in [1.165, 1.54) is 0 Å². The van der Waals surface area contributed by atoms with Crippen molar-refractivity contribution in [1.29, 1.82) is 0 Å². The Balaban J connectivity index is 1.31. The first-order valence-electron chi connectivity index (χ1n) is 9.24. The molecular weight excluding hydrogens is 328 g/mol. The van der Waals surface area contributed by atoms with Crippen LogP contribution in [0.4, 0.5) is 10.5 Å². The maximum atomic E-state index is 12.6. The van der Waals surface area contributed by atoms with Crippen LogP contribution in [0.2, 0.25) is 0 Å². The lowest BCUT2D eigenvalue weighted by atomic mass is 10.1. The van der Waals surface area contributed by atoms with Crippen molar-refractivity contribution < 1.29 is 9.59 Å². The molecule has 2 fully saturated rings. The minimum atomic E-state index is -0.0802. The van der Waals surface area contributed by atoms with Gasteiger partial charge in [0.05, 0.1) is 12.2 Å². The lowest BCUT2D eigenvalue weighted by molar-refractivity contribution is -0.122. The van der Waals surface area contributed by atoms with Gasteiger partial charge in [-0.3, -0.25) is 9.69 Å². The molecule has 6 heteroatoms. The Bertz CT molecular complexity index is 805. The molecule has 2 aliphatic rings. The van der Waals surface area contributed by atoms with E-state index in [-0.39, 0.29) is 11.9 Å². The smallest absolute Gasteiger partial charge is 0.321 e. The van der Waals surface area contributed by atoms with Crippen LogP contribution in [-0.4, -0.2) is 60.5 Å². The highest BCUT2D eigenvalue weighted by Crippen LogP contribution is 2.23. The Morgan fingerprint density at radius 3 is 2.46 bits per heavy atom. The fourth-order valence-electron chi connectivity index (χ4n) is 3.34. The topological polar surface area (TPSA) is 64.7 Å². The number of piperazine rings is 1. The predicted molar refractivity (Wildman–Crippen MR) is 102 cm³/mol. The van der Waals surface area contributed by atoms with E-state index in [0.29, 0.717) is 25.7 Å². The van der Waals surface area contributed by atoms with Gasteiger partial charge in [0.1, 0.15) is 0 Å². The summed E-state index contributed by atoms with van der Waals surface area (Å²) in [5, 5.41) is 8.19. The van der Waals surface area contributed by atoms with Crippen molar-refractivity contribution >= 4 is 28.4 Å². The van der Waals surface area contributed by atoms with Gasteiger partial charge in [0.2, 0.25) is 5.91 Å². The van der Waals surface area contributed by atoms with E-state index >= 15 is 0 Å². The number of carbonyl (C=O) groups is 2. The number of hydrogen-bond acceptors (Lipinski definition) is 3. The monoisotopic (exact) mass is 352 g/mol. The molecule has 2 aromatic carbocycles. The van der Waals surface area contributed by atoms with Crippen LogP contribution in [0.15, 0.2) is 42.5 Å². The molecule has 0 atom stereocenters. The molecule has 2 N–H and O–H groups in total. The molecule has 0 radical (unpaired) electrons. The second-order valence-corrected chi connectivity index (χ2v) is 7.06. The predicted octanol–water partition coefficient (Wildman–Crippen LogP) is 2.27. The number of rotatable bonds is 4. The Kier molecular flexibility index (Phi) is 4.75. The van der Waals surface area contributed by atoms with E-state index in [1.54, 1.807) is 0 Å². The summed E-state index contributed by atoms with van der Waals surface area (Å²) in [6.07, 6.45) is 2.21. The molecule has 0 aromatic heterocycles. The third-order valence-electron chi connectivity index (χ3n) is 5.00. The van der Waals surface area contributed by atoms with Gasteiger partial charge in [-0.05, 0) is 24.3 Å². The normalized spacial score (nSPS) is 17.9. The molecular formula is C20H24N4O2. The van der Waals surface area contributed by atoms with Crippen molar-refractivity contribution in [3.8, 4) is 0 Å². The average Bonchev–Trinajstić information content (AvgIpc) is 3.46. The number of carbonyl (C=O) groups excluding carboxylic acids is 2. The van der Waals surface area contributed by atoms with Crippen molar-refractivity contribution in [2.45, 2.75) is 18.9 Å². The van der Waals surface area contributed by atoms with E-state index in [2.05, 4.69) is 15.5 Å². The maximum Gasteiger partial charge on any atom is 0.321 e. The molecule has 26 heavy (non-hydrogen) atoms. The SMILES string of the molecule is O=C(CN1CCN(C(=O)Nc2cccc3ccccc23)CC1)NC1CC1. The summed E-state index contributed by atoms with van der Waals surface area (Å²) in [5.41, 5.74) is 0.833. The van der Waals surface area contributed by atoms with Crippen LogP contribution >= 0.6 is 0 Å². The number of urea groups is 1. The van der Waals surface area contributed by atoms with E-state index in [4.69, 9.17) is 0 Å². The lowest BCUT2D eigenvalue weighted by Crippen LogP contribution is -2.52. The zero-order chi connectivity index (χ0) is 17.9. The standard InChI is InChI=1S/C20H24N4O2/c25-19(21-16-8-9-16)14-23-10-12-24(13-11-23)20(26)22-18-7-3-5-15-4-1-2-6-17(15)18/h1-7,16H,8-14H2,(H,21,25)(H,22,26). The van der Waals surface area contributed by atoms with Crippen molar-refractivity contribution in [2.75, 3.05) is 38.0 Å². The van der Waals surface area contributed by atoms with Gasteiger partial charge in [-0.25, -0.2) is 4.79 Å².